The third kappa shape index (κ3) is 6.19. The van der Waals surface area contributed by atoms with Crippen LogP contribution in [0, 0.1) is 0 Å². The first kappa shape index (κ1) is 25.6. The van der Waals surface area contributed by atoms with E-state index < -0.39 is 7.60 Å². The Bertz CT molecular complexity index is 1240. The molecule has 1 aliphatic rings. The number of carbonyl (C=O) groups excluding carboxylic acids is 1. The summed E-state index contributed by atoms with van der Waals surface area (Å²) in [5.74, 6) is 0.547. The van der Waals surface area contributed by atoms with Gasteiger partial charge in [0.05, 0.1) is 31.2 Å². The van der Waals surface area contributed by atoms with Gasteiger partial charge in [-0.3, -0.25) is 14.7 Å². The number of benzene rings is 2. The number of hydrogen-bond donors (Lipinski definition) is 1. The van der Waals surface area contributed by atoms with Crippen LogP contribution in [-0.2, 0) is 32.6 Å². The van der Waals surface area contributed by atoms with Gasteiger partial charge in [-0.05, 0) is 75.9 Å². The Kier molecular flexibility index (Phi) is 7.77. The van der Waals surface area contributed by atoms with Crippen LogP contribution in [-0.4, -0.2) is 30.2 Å². The van der Waals surface area contributed by atoms with E-state index in [0.717, 1.165) is 40.3 Å². The monoisotopic (exact) mass is 514 g/mol. The Hall–Kier alpha value is -2.51. The van der Waals surface area contributed by atoms with Crippen molar-refractivity contribution in [3.8, 4) is 17.0 Å². The van der Waals surface area contributed by atoms with Crippen LogP contribution < -0.4 is 10.1 Å². The molecule has 2 aromatic carbocycles. The third-order valence-corrected chi connectivity index (χ3v) is 8.72. The molecule has 1 amide bonds. The number of anilines is 1. The largest absolute Gasteiger partial charge is 0.497 e. The van der Waals surface area contributed by atoms with Crippen molar-refractivity contribution in [2.24, 2.45) is 0 Å². The molecule has 1 N–H and O–H groups in total. The van der Waals surface area contributed by atoms with E-state index in [1.165, 1.54) is 16.9 Å². The van der Waals surface area contributed by atoms with Gasteiger partial charge >= 0.3 is 7.60 Å². The van der Waals surface area contributed by atoms with Gasteiger partial charge in [-0.25, -0.2) is 4.98 Å². The number of nitrogens with zero attached hydrogens (tertiary/aromatic N) is 1. The number of methoxy groups -OCH3 is 1. The Balaban J connectivity index is 1.47. The second-order valence-corrected chi connectivity index (χ2v) is 12.1. The maximum Gasteiger partial charge on any atom is 0.335 e. The average molecular weight is 515 g/mol. The maximum atomic E-state index is 13.1. The fraction of sp³-hybridized carbons (Fsp3) is 0.385. The molecule has 0 atom stereocenters. The summed E-state index contributed by atoms with van der Waals surface area (Å²) in [5.41, 5.74) is 4.47. The first-order valence-corrected chi connectivity index (χ1v) is 14.2. The standard InChI is InChI=1S/C26H31N2O5PS/c1-16(2)32-34(30,33-17(3)4)15-18-6-8-20(9-7-18)25(29)28-26-27-24-22-14-21(31-5)12-10-19(22)11-13-23(24)35-26/h6-10,12,14,16-17H,11,13,15H2,1-5H3,(H,27,28,29). The van der Waals surface area contributed by atoms with Gasteiger partial charge in [-0.1, -0.05) is 18.2 Å². The molecule has 1 aromatic heterocycles. The van der Waals surface area contributed by atoms with Gasteiger partial charge in [0, 0.05) is 16.0 Å². The van der Waals surface area contributed by atoms with E-state index >= 15 is 0 Å². The minimum atomic E-state index is -3.30. The van der Waals surface area contributed by atoms with E-state index in [1.54, 1.807) is 31.4 Å². The van der Waals surface area contributed by atoms with Crippen molar-refractivity contribution in [1.82, 2.24) is 4.98 Å². The summed E-state index contributed by atoms with van der Waals surface area (Å²) in [6.45, 7) is 7.31. The lowest BCUT2D eigenvalue weighted by Crippen LogP contribution is -2.12. The van der Waals surface area contributed by atoms with Crippen LogP contribution in [0.1, 0.15) is 54.1 Å². The molecule has 0 saturated carbocycles. The van der Waals surface area contributed by atoms with Gasteiger partial charge < -0.3 is 13.8 Å². The smallest absolute Gasteiger partial charge is 0.335 e. The molecule has 0 spiro atoms. The van der Waals surface area contributed by atoms with Crippen molar-refractivity contribution < 1.29 is 23.1 Å². The Morgan fingerprint density at radius 1 is 1.06 bits per heavy atom. The molecule has 0 bridgehead atoms. The first-order chi connectivity index (χ1) is 16.7. The van der Waals surface area contributed by atoms with Crippen molar-refractivity contribution in [3.05, 3.63) is 64.0 Å². The number of aromatic nitrogens is 1. The molecule has 3 aromatic rings. The lowest BCUT2D eigenvalue weighted by Gasteiger charge is -2.22. The second kappa shape index (κ2) is 10.6. The van der Waals surface area contributed by atoms with Gasteiger partial charge in [0.2, 0.25) is 0 Å². The predicted molar refractivity (Wildman–Crippen MR) is 140 cm³/mol. The molecule has 9 heteroatoms. The highest BCUT2D eigenvalue weighted by Gasteiger charge is 2.28. The molecule has 0 radical (unpaired) electrons. The van der Waals surface area contributed by atoms with E-state index in [4.69, 9.17) is 18.8 Å². The van der Waals surface area contributed by atoms with Gasteiger partial charge in [0.1, 0.15) is 5.75 Å². The van der Waals surface area contributed by atoms with Crippen LogP contribution in [0.25, 0.3) is 11.3 Å². The molecule has 0 aliphatic heterocycles. The van der Waals surface area contributed by atoms with Crippen LogP contribution in [0.5, 0.6) is 5.75 Å². The van der Waals surface area contributed by atoms with Gasteiger partial charge in [-0.15, -0.1) is 11.3 Å². The fourth-order valence-corrected chi connectivity index (χ4v) is 7.16. The number of hydrogen-bond acceptors (Lipinski definition) is 7. The summed E-state index contributed by atoms with van der Waals surface area (Å²) in [5, 5.41) is 3.50. The second-order valence-electron chi connectivity index (χ2n) is 9.04. The lowest BCUT2D eigenvalue weighted by atomic mass is 9.93. The Morgan fingerprint density at radius 2 is 1.74 bits per heavy atom. The number of aryl methyl sites for hydroxylation is 2. The Morgan fingerprint density at radius 3 is 2.37 bits per heavy atom. The lowest BCUT2D eigenvalue weighted by molar-refractivity contribution is 0.102. The van der Waals surface area contributed by atoms with E-state index in [1.807, 2.05) is 39.8 Å². The maximum absolute atomic E-state index is 13.1. The molecule has 0 saturated heterocycles. The fourth-order valence-electron chi connectivity index (χ4n) is 4.05. The third-order valence-electron chi connectivity index (χ3n) is 5.45. The number of rotatable bonds is 9. The molecule has 186 valence electrons. The summed E-state index contributed by atoms with van der Waals surface area (Å²) in [6, 6.07) is 13.0. The molecule has 1 heterocycles. The van der Waals surface area contributed by atoms with E-state index in [9.17, 15) is 9.36 Å². The SMILES string of the molecule is COc1ccc2c(c1)-c1nc(NC(=O)c3ccc(CP(=O)(OC(C)C)OC(C)C)cc3)sc1CC2. The number of nitrogens with one attached hydrogen (secondary N) is 1. The number of amides is 1. The molecule has 7 nitrogen and oxygen atoms in total. The quantitative estimate of drug-likeness (QED) is 0.319. The van der Waals surface area contributed by atoms with Crippen LogP contribution in [0.2, 0.25) is 0 Å². The zero-order valence-corrected chi connectivity index (χ0v) is 22.4. The highest BCUT2D eigenvalue weighted by atomic mass is 32.1. The number of carbonyl (C=O) groups is 1. The van der Waals surface area contributed by atoms with Crippen molar-refractivity contribution in [2.75, 3.05) is 12.4 Å². The van der Waals surface area contributed by atoms with Crippen LogP contribution >= 0.6 is 18.9 Å². The van der Waals surface area contributed by atoms with Crippen LogP contribution in [0.3, 0.4) is 0 Å². The molecular weight excluding hydrogens is 483 g/mol. The van der Waals surface area contributed by atoms with Gasteiger partial charge in [-0.2, -0.15) is 0 Å². The highest BCUT2D eigenvalue weighted by molar-refractivity contribution is 7.53. The molecule has 0 unspecified atom stereocenters. The zero-order chi connectivity index (χ0) is 25.2. The normalized spacial score (nSPS) is 13.0. The van der Waals surface area contributed by atoms with Gasteiger partial charge in [0.15, 0.2) is 5.13 Å². The summed E-state index contributed by atoms with van der Waals surface area (Å²) in [7, 11) is -1.65. The highest BCUT2D eigenvalue weighted by Crippen LogP contribution is 2.53. The van der Waals surface area contributed by atoms with Crippen LogP contribution in [0.4, 0.5) is 5.13 Å². The summed E-state index contributed by atoms with van der Waals surface area (Å²) in [6.07, 6.45) is 1.54. The molecule has 1 aliphatic carbocycles. The van der Waals surface area contributed by atoms with Crippen molar-refractivity contribution in [3.63, 3.8) is 0 Å². The number of ether oxygens (including phenoxy) is 1. The summed E-state index contributed by atoms with van der Waals surface area (Å²) < 4.78 is 29.8. The minimum absolute atomic E-state index is 0.146. The number of fused-ring (bicyclic) bond motifs is 3. The topological polar surface area (TPSA) is 86.8 Å². The van der Waals surface area contributed by atoms with E-state index in [0.29, 0.717) is 10.7 Å². The van der Waals surface area contributed by atoms with Crippen molar-refractivity contribution in [2.45, 2.75) is 58.9 Å². The molecule has 0 fully saturated rings. The van der Waals surface area contributed by atoms with E-state index in [2.05, 4.69) is 11.4 Å². The van der Waals surface area contributed by atoms with Gasteiger partial charge in [0.25, 0.3) is 5.91 Å². The van der Waals surface area contributed by atoms with E-state index in [-0.39, 0.29) is 24.3 Å². The molecule has 35 heavy (non-hydrogen) atoms. The van der Waals surface area contributed by atoms with Crippen molar-refractivity contribution in [1.29, 1.82) is 0 Å². The summed E-state index contributed by atoms with van der Waals surface area (Å²) >= 11 is 1.50. The zero-order valence-electron chi connectivity index (χ0n) is 20.7. The predicted octanol–water partition coefficient (Wildman–Crippen LogP) is 6.71. The van der Waals surface area contributed by atoms with Crippen molar-refractivity contribution >= 4 is 30.0 Å². The molecular formula is C26H31N2O5PS. The summed E-state index contributed by atoms with van der Waals surface area (Å²) in [4.78, 5) is 18.8. The first-order valence-electron chi connectivity index (χ1n) is 11.7. The molecule has 4 rings (SSSR count). The minimum Gasteiger partial charge on any atom is -0.497 e. The van der Waals surface area contributed by atoms with Crippen LogP contribution in [0.15, 0.2) is 42.5 Å². The average Bonchev–Trinajstić information content (AvgIpc) is 3.20. The number of thiazole rings is 1. The Labute approximate surface area is 210 Å².